The van der Waals surface area contributed by atoms with Crippen LogP contribution in [0.15, 0.2) is 35.1 Å². The molecule has 5 nitrogen and oxygen atoms in total. The molecule has 22 heavy (non-hydrogen) atoms. The van der Waals surface area contributed by atoms with Crippen LogP contribution in [0.3, 0.4) is 0 Å². The van der Waals surface area contributed by atoms with Crippen LogP contribution >= 0.6 is 0 Å². The number of benzene rings is 1. The third-order valence-electron chi connectivity index (χ3n) is 3.24. The fraction of sp³-hybridized carbons (Fsp3) is 0.353. The van der Waals surface area contributed by atoms with Crippen LogP contribution in [0.1, 0.15) is 25.8 Å². The number of para-hydroxylation sites is 1. The van der Waals surface area contributed by atoms with Crippen molar-refractivity contribution in [3.8, 4) is 23.1 Å². The van der Waals surface area contributed by atoms with Crippen LogP contribution < -0.4 is 10.3 Å². The lowest BCUT2D eigenvalue weighted by atomic mass is 10.1. The highest BCUT2D eigenvalue weighted by molar-refractivity contribution is 5.67. The molecule has 0 aliphatic heterocycles. The Bertz CT molecular complexity index is 744. The zero-order chi connectivity index (χ0) is 15.9. The SMILES string of the molecule is CCCOc1ccccc1-c1cc(CC#N)c(=O)n(CC)n1. The van der Waals surface area contributed by atoms with Crippen molar-refractivity contribution in [2.45, 2.75) is 33.2 Å². The molecule has 0 radical (unpaired) electrons. The van der Waals surface area contributed by atoms with Crippen molar-refractivity contribution in [2.24, 2.45) is 0 Å². The number of rotatable bonds is 6. The van der Waals surface area contributed by atoms with E-state index in [-0.39, 0.29) is 12.0 Å². The first-order chi connectivity index (χ1) is 10.7. The fourth-order valence-corrected chi connectivity index (χ4v) is 2.17. The van der Waals surface area contributed by atoms with Gasteiger partial charge in [-0.15, -0.1) is 0 Å². The topological polar surface area (TPSA) is 67.9 Å². The molecule has 0 saturated carbocycles. The molecular formula is C17H19N3O2. The van der Waals surface area contributed by atoms with E-state index < -0.39 is 0 Å². The number of hydrogen-bond donors (Lipinski definition) is 0. The zero-order valence-electron chi connectivity index (χ0n) is 12.9. The highest BCUT2D eigenvalue weighted by Crippen LogP contribution is 2.28. The van der Waals surface area contributed by atoms with Gasteiger partial charge in [0, 0.05) is 17.7 Å². The van der Waals surface area contributed by atoms with Crippen LogP contribution in [0, 0.1) is 11.3 Å². The smallest absolute Gasteiger partial charge is 0.271 e. The van der Waals surface area contributed by atoms with E-state index in [1.807, 2.05) is 44.2 Å². The first-order valence-corrected chi connectivity index (χ1v) is 7.41. The number of hydrogen-bond acceptors (Lipinski definition) is 4. The summed E-state index contributed by atoms with van der Waals surface area (Å²) in [6, 6.07) is 11.3. The van der Waals surface area contributed by atoms with Gasteiger partial charge in [-0.25, -0.2) is 4.68 Å². The van der Waals surface area contributed by atoms with Crippen LogP contribution in [0.25, 0.3) is 11.3 Å². The lowest BCUT2D eigenvalue weighted by Gasteiger charge is -2.12. The summed E-state index contributed by atoms with van der Waals surface area (Å²) in [6.07, 6.45) is 0.988. The molecule has 5 heteroatoms. The van der Waals surface area contributed by atoms with Gasteiger partial charge in [-0.1, -0.05) is 19.1 Å². The van der Waals surface area contributed by atoms with Gasteiger partial charge in [0.2, 0.25) is 0 Å². The highest BCUT2D eigenvalue weighted by Gasteiger charge is 2.12. The molecule has 0 bridgehead atoms. The van der Waals surface area contributed by atoms with Crippen molar-refractivity contribution >= 4 is 0 Å². The first kappa shape index (κ1) is 15.8. The van der Waals surface area contributed by atoms with Crippen molar-refractivity contribution in [3.63, 3.8) is 0 Å². The molecule has 0 aliphatic carbocycles. The van der Waals surface area contributed by atoms with Crippen LogP contribution in [0.4, 0.5) is 0 Å². The van der Waals surface area contributed by atoms with Crippen LogP contribution in [-0.4, -0.2) is 16.4 Å². The number of nitriles is 1. The van der Waals surface area contributed by atoms with Gasteiger partial charge in [0.25, 0.3) is 5.56 Å². The van der Waals surface area contributed by atoms with Gasteiger partial charge in [0.05, 0.1) is 24.8 Å². The Kier molecular flexibility index (Phi) is 5.31. The molecule has 0 unspecified atom stereocenters. The predicted molar refractivity (Wildman–Crippen MR) is 84.7 cm³/mol. The molecule has 0 saturated heterocycles. The molecule has 2 aromatic rings. The van der Waals surface area contributed by atoms with Gasteiger partial charge in [0.1, 0.15) is 5.75 Å². The Hall–Kier alpha value is -2.61. The van der Waals surface area contributed by atoms with Crippen LogP contribution in [-0.2, 0) is 13.0 Å². The summed E-state index contributed by atoms with van der Waals surface area (Å²) >= 11 is 0. The quantitative estimate of drug-likeness (QED) is 0.822. The Morgan fingerprint density at radius 1 is 1.32 bits per heavy atom. The van der Waals surface area contributed by atoms with Crippen molar-refractivity contribution in [1.29, 1.82) is 5.26 Å². The predicted octanol–water partition coefficient (Wildman–Crippen LogP) is 2.79. The third kappa shape index (κ3) is 3.34. The average Bonchev–Trinajstić information content (AvgIpc) is 2.55. The Balaban J connectivity index is 2.55. The minimum Gasteiger partial charge on any atom is -0.493 e. The Morgan fingerprint density at radius 2 is 2.09 bits per heavy atom. The molecule has 1 aromatic heterocycles. The van der Waals surface area contributed by atoms with E-state index in [1.54, 1.807) is 6.07 Å². The van der Waals surface area contributed by atoms with Gasteiger partial charge >= 0.3 is 0 Å². The van der Waals surface area contributed by atoms with E-state index in [4.69, 9.17) is 10.00 Å². The van der Waals surface area contributed by atoms with Crippen molar-refractivity contribution in [3.05, 3.63) is 46.2 Å². The minimum atomic E-state index is -0.209. The second kappa shape index (κ2) is 7.41. The van der Waals surface area contributed by atoms with Gasteiger partial charge in [0.15, 0.2) is 0 Å². The summed E-state index contributed by atoms with van der Waals surface area (Å²) in [5, 5.41) is 13.3. The molecule has 2 rings (SSSR count). The Labute approximate surface area is 129 Å². The third-order valence-corrected chi connectivity index (χ3v) is 3.24. The maximum absolute atomic E-state index is 12.1. The molecule has 0 N–H and O–H groups in total. The second-order valence-electron chi connectivity index (χ2n) is 4.86. The highest BCUT2D eigenvalue weighted by atomic mass is 16.5. The van der Waals surface area contributed by atoms with E-state index >= 15 is 0 Å². The number of aryl methyl sites for hydroxylation is 1. The van der Waals surface area contributed by atoms with E-state index in [1.165, 1.54) is 4.68 Å². The molecule has 0 aliphatic rings. The molecule has 0 spiro atoms. The molecular weight excluding hydrogens is 278 g/mol. The van der Waals surface area contributed by atoms with E-state index in [2.05, 4.69) is 5.10 Å². The van der Waals surface area contributed by atoms with Crippen LogP contribution in [0.2, 0.25) is 0 Å². The van der Waals surface area contributed by atoms with Crippen LogP contribution in [0.5, 0.6) is 5.75 Å². The lowest BCUT2D eigenvalue weighted by molar-refractivity contribution is 0.318. The number of aromatic nitrogens is 2. The van der Waals surface area contributed by atoms with Gasteiger partial charge in [-0.2, -0.15) is 10.4 Å². The second-order valence-corrected chi connectivity index (χ2v) is 4.86. The van der Waals surface area contributed by atoms with E-state index in [0.29, 0.717) is 24.4 Å². The number of ether oxygens (including phenoxy) is 1. The van der Waals surface area contributed by atoms with Crippen molar-refractivity contribution in [1.82, 2.24) is 9.78 Å². The number of nitrogens with zero attached hydrogens (tertiary/aromatic N) is 3. The molecule has 1 heterocycles. The zero-order valence-corrected chi connectivity index (χ0v) is 12.9. The Morgan fingerprint density at radius 3 is 2.77 bits per heavy atom. The summed E-state index contributed by atoms with van der Waals surface area (Å²) in [7, 11) is 0. The maximum Gasteiger partial charge on any atom is 0.271 e. The average molecular weight is 297 g/mol. The largest absolute Gasteiger partial charge is 0.493 e. The normalized spacial score (nSPS) is 10.2. The maximum atomic E-state index is 12.1. The summed E-state index contributed by atoms with van der Waals surface area (Å²) in [4.78, 5) is 12.1. The molecule has 114 valence electrons. The first-order valence-electron chi connectivity index (χ1n) is 7.41. The molecule has 0 fully saturated rings. The van der Waals surface area contributed by atoms with E-state index in [0.717, 1.165) is 17.7 Å². The molecule has 0 atom stereocenters. The lowest BCUT2D eigenvalue weighted by Crippen LogP contribution is -2.25. The van der Waals surface area contributed by atoms with Gasteiger partial charge in [-0.05, 0) is 31.5 Å². The van der Waals surface area contributed by atoms with Crippen molar-refractivity contribution in [2.75, 3.05) is 6.61 Å². The summed E-state index contributed by atoms with van der Waals surface area (Å²) in [5.74, 6) is 0.737. The van der Waals surface area contributed by atoms with Gasteiger partial charge < -0.3 is 4.74 Å². The summed E-state index contributed by atoms with van der Waals surface area (Å²) in [6.45, 7) is 4.98. The molecule has 1 aromatic carbocycles. The molecule has 0 amide bonds. The summed E-state index contributed by atoms with van der Waals surface area (Å²) in [5.41, 5.74) is 1.73. The summed E-state index contributed by atoms with van der Waals surface area (Å²) < 4.78 is 7.14. The fourth-order valence-electron chi connectivity index (χ4n) is 2.17. The van der Waals surface area contributed by atoms with Crippen molar-refractivity contribution < 1.29 is 4.74 Å². The standard InChI is InChI=1S/C17H19N3O2/c1-3-11-22-16-8-6-5-7-14(16)15-12-13(9-10-18)17(21)20(4-2)19-15/h5-8,12H,3-4,9,11H2,1-2H3. The van der Waals surface area contributed by atoms with Gasteiger partial charge in [-0.3, -0.25) is 4.79 Å². The van der Waals surface area contributed by atoms with E-state index in [9.17, 15) is 4.79 Å². The minimum absolute atomic E-state index is 0.0757. The monoisotopic (exact) mass is 297 g/mol.